The summed E-state index contributed by atoms with van der Waals surface area (Å²) in [7, 11) is 0. The highest BCUT2D eigenvalue weighted by atomic mass is 16.3. The number of aliphatic hydroxyl groups is 2. The molecular formula is C14H25NO3. The van der Waals surface area contributed by atoms with Crippen molar-refractivity contribution in [3.63, 3.8) is 0 Å². The molecule has 0 saturated heterocycles. The summed E-state index contributed by atoms with van der Waals surface area (Å²) in [4.78, 5) is 12.1. The molecule has 3 atom stereocenters. The maximum Gasteiger partial charge on any atom is 0.223 e. The number of hydrogen-bond acceptors (Lipinski definition) is 3. The fraction of sp³-hybridized carbons (Fsp3) is 0.929. The normalized spacial score (nSPS) is 32.1. The highest BCUT2D eigenvalue weighted by molar-refractivity contribution is 5.79. The third-order valence-corrected chi connectivity index (χ3v) is 4.70. The van der Waals surface area contributed by atoms with Crippen molar-refractivity contribution in [3.8, 4) is 0 Å². The molecule has 4 heteroatoms. The van der Waals surface area contributed by atoms with Crippen LogP contribution in [0.4, 0.5) is 0 Å². The van der Waals surface area contributed by atoms with E-state index in [9.17, 15) is 4.79 Å². The zero-order chi connectivity index (χ0) is 13.0. The van der Waals surface area contributed by atoms with Crippen LogP contribution in [-0.4, -0.2) is 35.4 Å². The molecule has 2 rings (SSSR count). The van der Waals surface area contributed by atoms with Crippen molar-refractivity contribution < 1.29 is 15.0 Å². The van der Waals surface area contributed by atoms with E-state index in [0.29, 0.717) is 0 Å². The molecule has 0 aromatic rings. The molecule has 0 radical (unpaired) electrons. The summed E-state index contributed by atoms with van der Waals surface area (Å²) in [6.45, 7) is -0.387. The van der Waals surface area contributed by atoms with E-state index in [1.807, 2.05) is 0 Å². The highest BCUT2D eigenvalue weighted by Gasteiger charge is 2.35. The first-order valence-corrected chi connectivity index (χ1v) is 7.26. The van der Waals surface area contributed by atoms with E-state index < -0.39 is 6.04 Å². The lowest BCUT2D eigenvalue weighted by Crippen LogP contribution is -2.45. The SMILES string of the molecule is O=C(NC(CO)CO)C1CCC2CCCCC2C1. The summed E-state index contributed by atoms with van der Waals surface area (Å²) in [6.07, 6.45) is 8.43. The molecule has 2 saturated carbocycles. The Morgan fingerprint density at radius 2 is 1.72 bits per heavy atom. The molecule has 0 aliphatic heterocycles. The average Bonchev–Trinajstić information content (AvgIpc) is 2.44. The lowest BCUT2D eigenvalue weighted by molar-refractivity contribution is -0.128. The lowest BCUT2D eigenvalue weighted by atomic mass is 9.67. The maximum absolute atomic E-state index is 12.1. The lowest BCUT2D eigenvalue weighted by Gasteiger charge is -2.39. The van der Waals surface area contributed by atoms with Gasteiger partial charge in [-0.25, -0.2) is 0 Å². The average molecular weight is 255 g/mol. The predicted octanol–water partition coefficient (Wildman–Crippen LogP) is 1.06. The molecular weight excluding hydrogens is 230 g/mol. The second kappa shape index (κ2) is 6.53. The van der Waals surface area contributed by atoms with Crippen molar-refractivity contribution in [2.24, 2.45) is 17.8 Å². The van der Waals surface area contributed by atoms with Crippen molar-refractivity contribution in [1.82, 2.24) is 5.32 Å². The van der Waals surface area contributed by atoms with Crippen LogP contribution in [0.5, 0.6) is 0 Å². The van der Waals surface area contributed by atoms with E-state index in [2.05, 4.69) is 5.32 Å². The molecule has 2 aliphatic carbocycles. The second-order valence-corrected chi connectivity index (χ2v) is 5.89. The molecule has 0 bridgehead atoms. The molecule has 1 amide bonds. The van der Waals surface area contributed by atoms with Gasteiger partial charge in [0.25, 0.3) is 0 Å². The Kier molecular flexibility index (Phi) is 5.01. The number of aliphatic hydroxyl groups excluding tert-OH is 2. The first kappa shape index (κ1) is 13.8. The third-order valence-electron chi connectivity index (χ3n) is 4.70. The number of fused-ring (bicyclic) bond motifs is 1. The van der Waals surface area contributed by atoms with Crippen LogP contribution in [0, 0.1) is 17.8 Å². The van der Waals surface area contributed by atoms with Crippen LogP contribution in [0.15, 0.2) is 0 Å². The van der Waals surface area contributed by atoms with Crippen LogP contribution in [-0.2, 0) is 4.79 Å². The molecule has 3 unspecified atom stereocenters. The van der Waals surface area contributed by atoms with E-state index in [4.69, 9.17) is 10.2 Å². The fourth-order valence-electron chi connectivity index (χ4n) is 3.58. The van der Waals surface area contributed by atoms with Gasteiger partial charge in [-0.1, -0.05) is 25.7 Å². The second-order valence-electron chi connectivity index (χ2n) is 5.89. The van der Waals surface area contributed by atoms with Gasteiger partial charge in [-0.2, -0.15) is 0 Å². The van der Waals surface area contributed by atoms with Crippen LogP contribution < -0.4 is 5.32 Å². The molecule has 4 nitrogen and oxygen atoms in total. The molecule has 18 heavy (non-hydrogen) atoms. The number of nitrogens with one attached hydrogen (secondary N) is 1. The Hall–Kier alpha value is -0.610. The number of rotatable bonds is 4. The highest BCUT2D eigenvalue weighted by Crippen LogP contribution is 2.42. The Morgan fingerprint density at radius 1 is 1.06 bits per heavy atom. The molecule has 0 aromatic carbocycles. The van der Waals surface area contributed by atoms with Crippen molar-refractivity contribution in [2.45, 2.75) is 51.0 Å². The zero-order valence-electron chi connectivity index (χ0n) is 11.0. The van der Waals surface area contributed by atoms with E-state index in [-0.39, 0.29) is 25.0 Å². The minimum atomic E-state index is -0.499. The van der Waals surface area contributed by atoms with Crippen molar-refractivity contribution in [2.75, 3.05) is 13.2 Å². The molecule has 0 spiro atoms. The van der Waals surface area contributed by atoms with Gasteiger partial charge >= 0.3 is 0 Å². The fourth-order valence-corrected chi connectivity index (χ4v) is 3.58. The van der Waals surface area contributed by atoms with Crippen LogP contribution in [0.25, 0.3) is 0 Å². The van der Waals surface area contributed by atoms with Gasteiger partial charge in [-0.3, -0.25) is 4.79 Å². The van der Waals surface area contributed by atoms with Gasteiger partial charge in [-0.15, -0.1) is 0 Å². The Balaban J connectivity index is 1.84. The van der Waals surface area contributed by atoms with Gasteiger partial charge in [0, 0.05) is 5.92 Å². The van der Waals surface area contributed by atoms with Crippen LogP contribution in [0.2, 0.25) is 0 Å². The monoisotopic (exact) mass is 255 g/mol. The molecule has 2 fully saturated rings. The van der Waals surface area contributed by atoms with Gasteiger partial charge < -0.3 is 15.5 Å². The minimum Gasteiger partial charge on any atom is -0.394 e. The summed E-state index contributed by atoms with van der Waals surface area (Å²) in [5, 5.41) is 20.7. The van der Waals surface area contributed by atoms with E-state index in [0.717, 1.165) is 24.7 Å². The number of amides is 1. The molecule has 2 aliphatic rings. The number of carbonyl (C=O) groups excluding carboxylic acids is 1. The summed E-state index contributed by atoms with van der Waals surface area (Å²) in [6, 6.07) is -0.499. The van der Waals surface area contributed by atoms with Gasteiger partial charge in [0.15, 0.2) is 0 Å². The van der Waals surface area contributed by atoms with Gasteiger partial charge in [0.2, 0.25) is 5.91 Å². The maximum atomic E-state index is 12.1. The van der Waals surface area contributed by atoms with Crippen LogP contribution in [0.1, 0.15) is 44.9 Å². The topological polar surface area (TPSA) is 69.6 Å². The summed E-state index contributed by atoms with van der Waals surface area (Å²) < 4.78 is 0. The summed E-state index contributed by atoms with van der Waals surface area (Å²) >= 11 is 0. The first-order valence-electron chi connectivity index (χ1n) is 7.26. The number of hydrogen-bond donors (Lipinski definition) is 3. The Morgan fingerprint density at radius 3 is 2.39 bits per heavy atom. The quantitative estimate of drug-likeness (QED) is 0.703. The Labute approximate surface area is 109 Å². The summed E-state index contributed by atoms with van der Waals surface area (Å²) in [5.74, 6) is 1.68. The van der Waals surface area contributed by atoms with Crippen molar-refractivity contribution >= 4 is 5.91 Å². The molecule has 104 valence electrons. The van der Waals surface area contributed by atoms with E-state index >= 15 is 0 Å². The molecule has 0 heterocycles. The van der Waals surface area contributed by atoms with Crippen molar-refractivity contribution in [1.29, 1.82) is 0 Å². The van der Waals surface area contributed by atoms with E-state index in [1.165, 1.54) is 32.1 Å². The standard InChI is InChI=1S/C14H25NO3/c16-8-13(9-17)15-14(18)12-6-5-10-3-1-2-4-11(10)7-12/h10-13,16-17H,1-9H2,(H,15,18). The third kappa shape index (κ3) is 3.23. The van der Waals surface area contributed by atoms with Gasteiger partial charge in [0.1, 0.15) is 0 Å². The number of carbonyl (C=O) groups is 1. The van der Waals surface area contributed by atoms with Gasteiger partial charge in [0.05, 0.1) is 19.3 Å². The smallest absolute Gasteiger partial charge is 0.223 e. The first-order chi connectivity index (χ1) is 8.74. The van der Waals surface area contributed by atoms with Crippen LogP contribution in [0.3, 0.4) is 0 Å². The largest absolute Gasteiger partial charge is 0.394 e. The minimum absolute atomic E-state index is 0.0205. The zero-order valence-corrected chi connectivity index (χ0v) is 11.0. The predicted molar refractivity (Wildman–Crippen MR) is 68.9 cm³/mol. The van der Waals surface area contributed by atoms with Gasteiger partial charge in [-0.05, 0) is 31.1 Å². The molecule has 0 aromatic heterocycles. The molecule has 3 N–H and O–H groups in total. The van der Waals surface area contributed by atoms with E-state index in [1.54, 1.807) is 0 Å². The summed E-state index contributed by atoms with van der Waals surface area (Å²) in [5.41, 5.74) is 0. The Bertz CT molecular complexity index is 278. The van der Waals surface area contributed by atoms with Crippen molar-refractivity contribution in [3.05, 3.63) is 0 Å². The van der Waals surface area contributed by atoms with Crippen LogP contribution >= 0.6 is 0 Å².